The van der Waals surface area contributed by atoms with Crippen LogP contribution in [0.2, 0.25) is 5.02 Å². The van der Waals surface area contributed by atoms with Crippen molar-refractivity contribution < 1.29 is 9.59 Å². The van der Waals surface area contributed by atoms with Gasteiger partial charge in [0.05, 0.1) is 36.0 Å². The number of nitrogens with one attached hydrogen (secondary N) is 1. The zero-order chi connectivity index (χ0) is 23.1. The summed E-state index contributed by atoms with van der Waals surface area (Å²) >= 11 is 6.50. The predicted octanol–water partition coefficient (Wildman–Crippen LogP) is 4.10. The van der Waals surface area contributed by atoms with Gasteiger partial charge in [-0.1, -0.05) is 23.7 Å². The van der Waals surface area contributed by atoms with Crippen molar-refractivity contribution in [3.63, 3.8) is 0 Å². The molecule has 9 heteroatoms. The molecule has 5 rings (SSSR count). The fraction of sp³-hybridized carbons (Fsp3) is 0.250. The average Bonchev–Trinajstić information content (AvgIpc) is 3.57. The van der Waals surface area contributed by atoms with E-state index in [9.17, 15) is 9.59 Å². The number of nitrogens with two attached hydrogens (primary N) is 1. The van der Waals surface area contributed by atoms with Crippen molar-refractivity contribution >= 4 is 29.2 Å². The Bertz CT molecular complexity index is 1300. The molecule has 0 radical (unpaired) electrons. The highest BCUT2D eigenvalue weighted by molar-refractivity contribution is 6.31. The summed E-state index contributed by atoms with van der Waals surface area (Å²) < 4.78 is 1.74. The third-order valence-electron chi connectivity index (χ3n) is 6.07. The van der Waals surface area contributed by atoms with E-state index in [0.717, 1.165) is 24.0 Å². The number of hydrogen-bond acceptors (Lipinski definition) is 4. The largest absolute Gasteiger partial charge is 0.365 e. The Kier molecular flexibility index (Phi) is 5.27. The molecule has 0 atom stereocenters. The molecule has 33 heavy (non-hydrogen) atoms. The molecule has 3 N–H and O–H groups in total. The number of aromatic nitrogens is 2. The smallest absolute Gasteiger partial charge is 0.322 e. The van der Waals surface area contributed by atoms with E-state index < -0.39 is 5.91 Å². The Balaban J connectivity index is 1.41. The number of nitriles is 1. The van der Waals surface area contributed by atoms with Gasteiger partial charge in [-0.05, 0) is 54.7 Å². The third kappa shape index (κ3) is 4.03. The van der Waals surface area contributed by atoms with E-state index in [2.05, 4.69) is 10.4 Å². The molecular formula is C24H21ClN6O2. The maximum absolute atomic E-state index is 12.8. The van der Waals surface area contributed by atoms with Gasteiger partial charge in [0.15, 0.2) is 0 Å². The zero-order valence-corrected chi connectivity index (χ0v) is 18.5. The van der Waals surface area contributed by atoms with Gasteiger partial charge in [-0.15, -0.1) is 0 Å². The molecule has 1 aromatic heterocycles. The highest BCUT2D eigenvalue weighted by atomic mass is 35.5. The molecule has 0 spiro atoms. The molecular weight excluding hydrogens is 440 g/mol. The van der Waals surface area contributed by atoms with Gasteiger partial charge >= 0.3 is 6.03 Å². The van der Waals surface area contributed by atoms with Crippen LogP contribution < -0.4 is 11.1 Å². The van der Waals surface area contributed by atoms with Gasteiger partial charge in [0.2, 0.25) is 0 Å². The number of carbonyl (C=O) groups excluding carboxylic acids is 2. The third-order valence-corrected chi connectivity index (χ3v) is 6.40. The highest BCUT2D eigenvalue weighted by Gasteiger charge is 2.31. The van der Waals surface area contributed by atoms with Crippen LogP contribution in [0.4, 0.5) is 10.5 Å². The molecule has 2 aromatic carbocycles. The number of amides is 3. The lowest BCUT2D eigenvalue weighted by atomic mass is 10.0. The van der Waals surface area contributed by atoms with Crippen LogP contribution in [-0.4, -0.2) is 33.2 Å². The lowest BCUT2D eigenvalue weighted by Crippen LogP contribution is -2.41. The normalized spacial score (nSPS) is 15.0. The van der Waals surface area contributed by atoms with E-state index in [1.165, 1.54) is 0 Å². The van der Waals surface area contributed by atoms with Gasteiger partial charge in [0.25, 0.3) is 5.91 Å². The molecule has 1 fully saturated rings. The average molecular weight is 461 g/mol. The number of primary amides is 1. The number of fused-ring (bicyclic) bond motifs is 1. The fourth-order valence-electron chi connectivity index (χ4n) is 4.18. The quantitative estimate of drug-likeness (QED) is 0.609. The van der Waals surface area contributed by atoms with E-state index >= 15 is 0 Å². The second-order valence-corrected chi connectivity index (χ2v) is 8.72. The minimum Gasteiger partial charge on any atom is -0.365 e. The van der Waals surface area contributed by atoms with Crippen molar-refractivity contribution in [2.45, 2.75) is 31.8 Å². The minimum absolute atomic E-state index is 0.196. The van der Waals surface area contributed by atoms with Crippen LogP contribution in [0.3, 0.4) is 0 Å². The van der Waals surface area contributed by atoms with E-state index in [0.29, 0.717) is 52.2 Å². The Labute approximate surface area is 195 Å². The van der Waals surface area contributed by atoms with Crippen LogP contribution >= 0.6 is 11.6 Å². The SMILES string of the molecule is N#Cc1ccc(NC(=O)N2CCn3nc(-c4ccc(C5CC5)c(Cl)c4)c(C(N)=O)c3C2)cc1. The minimum atomic E-state index is -0.594. The molecule has 2 aliphatic rings. The number of nitrogens with zero attached hydrogens (tertiary/aromatic N) is 4. The summed E-state index contributed by atoms with van der Waals surface area (Å²) in [4.78, 5) is 26.9. The first-order valence-electron chi connectivity index (χ1n) is 10.7. The molecule has 0 unspecified atom stereocenters. The highest BCUT2D eigenvalue weighted by Crippen LogP contribution is 2.44. The molecule has 3 amide bonds. The van der Waals surface area contributed by atoms with Crippen molar-refractivity contribution in [3.8, 4) is 17.3 Å². The van der Waals surface area contributed by atoms with Gasteiger partial charge in [-0.2, -0.15) is 10.4 Å². The van der Waals surface area contributed by atoms with Crippen LogP contribution in [0.15, 0.2) is 42.5 Å². The number of urea groups is 1. The van der Waals surface area contributed by atoms with Crippen molar-refractivity contribution in [2.24, 2.45) is 5.73 Å². The van der Waals surface area contributed by atoms with E-state index in [-0.39, 0.29) is 12.6 Å². The van der Waals surface area contributed by atoms with Crippen LogP contribution in [0.1, 0.15) is 45.9 Å². The Morgan fingerprint density at radius 2 is 1.91 bits per heavy atom. The lowest BCUT2D eigenvalue weighted by Gasteiger charge is -2.28. The van der Waals surface area contributed by atoms with Crippen LogP contribution in [0, 0.1) is 11.3 Å². The van der Waals surface area contributed by atoms with E-state index in [1.807, 2.05) is 24.3 Å². The first-order chi connectivity index (χ1) is 15.9. The molecule has 1 saturated carbocycles. The lowest BCUT2D eigenvalue weighted by molar-refractivity contribution is 0.0997. The molecule has 3 aromatic rings. The number of hydrogen-bond donors (Lipinski definition) is 2. The first kappa shape index (κ1) is 21.0. The maximum atomic E-state index is 12.8. The summed E-state index contributed by atoms with van der Waals surface area (Å²) in [5.41, 5.74) is 10.1. The van der Waals surface area contributed by atoms with Gasteiger partial charge in [0.1, 0.15) is 5.69 Å². The van der Waals surface area contributed by atoms with Crippen LogP contribution in [-0.2, 0) is 13.1 Å². The standard InChI is InChI=1S/C24H21ClN6O2/c25-19-11-16(5-8-18(19)15-3-4-15)22-21(23(27)32)20-13-30(9-10-31(20)29-22)24(33)28-17-6-1-14(12-26)2-7-17/h1-2,5-8,11,15H,3-4,9-10,13H2,(H2,27,32)(H,28,33). The van der Waals surface area contributed by atoms with Crippen molar-refractivity contribution in [1.29, 1.82) is 5.26 Å². The van der Waals surface area contributed by atoms with Gasteiger partial charge in [-0.3, -0.25) is 9.48 Å². The number of benzene rings is 2. The Morgan fingerprint density at radius 3 is 2.55 bits per heavy atom. The van der Waals surface area contributed by atoms with Gasteiger partial charge < -0.3 is 16.0 Å². The molecule has 1 aliphatic carbocycles. The number of rotatable bonds is 4. The number of halogens is 1. The fourth-order valence-corrected chi connectivity index (χ4v) is 4.52. The van der Waals surface area contributed by atoms with E-state index in [4.69, 9.17) is 22.6 Å². The van der Waals surface area contributed by atoms with Crippen molar-refractivity contribution in [1.82, 2.24) is 14.7 Å². The van der Waals surface area contributed by atoms with Gasteiger partial charge in [0, 0.05) is 22.8 Å². The molecule has 1 aliphatic heterocycles. The predicted molar refractivity (Wildman–Crippen MR) is 124 cm³/mol. The summed E-state index contributed by atoms with van der Waals surface area (Å²) in [6.07, 6.45) is 2.29. The summed E-state index contributed by atoms with van der Waals surface area (Å²) in [6.45, 7) is 1.06. The maximum Gasteiger partial charge on any atom is 0.322 e. The summed E-state index contributed by atoms with van der Waals surface area (Å²) in [7, 11) is 0. The molecule has 8 nitrogen and oxygen atoms in total. The first-order valence-corrected chi connectivity index (χ1v) is 11.1. The topological polar surface area (TPSA) is 117 Å². The van der Waals surface area contributed by atoms with Crippen molar-refractivity contribution in [2.75, 3.05) is 11.9 Å². The summed E-state index contributed by atoms with van der Waals surface area (Å²) in [5.74, 6) is -0.0801. The Hall–Kier alpha value is -3.83. The monoisotopic (exact) mass is 460 g/mol. The Morgan fingerprint density at radius 1 is 1.15 bits per heavy atom. The molecule has 0 saturated heterocycles. The number of anilines is 1. The zero-order valence-electron chi connectivity index (χ0n) is 17.7. The van der Waals surface area contributed by atoms with E-state index in [1.54, 1.807) is 33.8 Å². The second-order valence-electron chi connectivity index (χ2n) is 8.31. The van der Waals surface area contributed by atoms with Crippen molar-refractivity contribution in [3.05, 3.63) is 69.9 Å². The number of carbonyl (C=O) groups is 2. The molecule has 166 valence electrons. The summed E-state index contributed by atoms with van der Waals surface area (Å²) in [5, 5.41) is 17.0. The van der Waals surface area contributed by atoms with Crippen LogP contribution in [0.25, 0.3) is 11.3 Å². The van der Waals surface area contributed by atoms with Gasteiger partial charge in [-0.25, -0.2) is 4.79 Å². The second kappa shape index (κ2) is 8.26. The van der Waals surface area contributed by atoms with Crippen LogP contribution in [0.5, 0.6) is 0 Å². The molecule has 2 heterocycles. The molecule has 0 bridgehead atoms. The summed E-state index contributed by atoms with van der Waals surface area (Å²) in [6, 6.07) is 14.1.